The predicted molar refractivity (Wildman–Crippen MR) is 123 cm³/mol. The largest absolute Gasteiger partial charge is 0.463 e. The Labute approximate surface area is 190 Å². The second-order valence-electron chi connectivity index (χ2n) is 10.1. The van der Waals surface area contributed by atoms with Crippen LogP contribution in [0.25, 0.3) is 11.5 Å². The molecular formula is C26H35N3O3. The number of hydrogen-bond acceptors (Lipinski definition) is 3. The summed E-state index contributed by atoms with van der Waals surface area (Å²) in [6, 6.07) is 7.92. The number of aromatic nitrogens is 1. The number of nitrogens with zero attached hydrogens (tertiary/aromatic N) is 2. The Kier molecular flexibility index (Phi) is 5.87. The maximum Gasteiger partial charge on any atom is 0.271 e. The van der Waals surface area contributed by atoms with Gasteiger partial charge in [-0.25, -0.2) is 0 Å². The van der Waals surface area contributed by atoms with Crippen LogP contribution < -0.4 is 5.32 Å². The van der Waals surface area contributed by atoms with E-state index in [1.807, 2.05) is 40.7 Å². The van der Waals surface area contributed by atoms with Crippen molar-refractivity contribution in [2.24, 2.45) is 0 Å². The third kappa shape index (κ3) is 3.78. The van der Waals surface area contributed by atoms with Gasteiger partial charge in [-0.05, 0) is 56.9 Å². The molecule has 32 heavy (non-hydrogen) atoms. The Bertz CT molecular complexity index is 949. The number of fused-ring (bicyclic) bond motifs is 1. The Hall–Kier alpha value is -2.50. The van der Waals surface area contributed by atoms with Gasteiger partial charge in [-0.2, -0.15) is 0 Å². The van der Waals surface area contributed by atoms with Gasteiger partial charge in [0, 0.05) is 12.1 Å². The quantitative estimate of drug-likeness (QED) is 0.674. The molecule has 1 aliphatic heterocycles. The monoisotopic (exact) mass is 437 g/mol. The zero-order valence-electron chi connectivity index (χ0n) is 19.1. The molecule has 2 fully saturated rings. The smallest absolute Gasteiger partial charge is 0.271 e. The number of carbonyl (C=O) groups is 2. The van der Waals surface area contributed by atoms with E-state index in [-0.39, 0.29) is 23.9 Å². The molecule has 6 heteroatoms. The van der Waals surface area contributed by atoms with Crippen LogP contribution in [-0.2, 0) is 11.3 Å². The first-order chi connectivity index (χ1) is 15.6. The van der Waals surface area contributed by atoms with Gasteiger partial charge in [-0.1, -0.05) is 44.9 Å². The number of hydrogen-bond donors (Lipinski definition) is 1. The van der Waals surface area contributed by atoms with Crippen LogP contribution in [0.3, 0.4) is 0 Å². The van der Waals surface area contributed by atoms with Crippen LogP contribution in [0.1, 0.15) is 88.0 Å². The molecule has 2 amide bonds. The van der Waals surface area contributed by atoms with Gasteiger partial charge < -0.3 is 19.2 Å². The lowest BCUT2D eigenvalue weighted by Gasteiger charge is -2.49. The molecule has 2 aromatic rings. The summed E-state index contributed by atoms with van der Waals surface area (Å²) >= 11 is 0. The highest BCUT2D eigenvalue weighted by Gasteiger charge is 2.51. The summed E-state index contributed by atoms with van der Waals surface area (Å²) in [6.45, 7) is 2.42. The molecule has 0 aromatic carbocycles. The highest BCUT2D eigenvalue weighted by molar-refractivity contribution is 6.00. The summed E-state index contributed by atoms with van der Waals surface area (Å²) < 4.78 is 7.63. The zero-order valence-corrected chi connectivity index (χ0v) is 19.1. The number of nitrogens with one attached hydrogen (secondary N) is 1. The van der Waals surface area contributed by atoms with Crippen LogP contribution in [0.4, 0.5) is 0 Å². The molecule has 6 nitrogen and oxygen atoms in total. The van der Waals surface area contributed by atoms with E-state index in [0.29, 0.717) is 12.2 Å². The van der Waals surface area contributed by atoms with Crippen LogP contribution in [0, 0.1) is 0 Å². The van der Waals surface area contributed by atoms with Gasteiger partial charge in [0.25, 0.3) is 5.91 Å². The van der Waals surface area contributed by atoms with Gasteiger partial charge >= 0.3 is 0 Å². The van der Waals surface area contributed by atoms with Gasteiger partial charge in [-0.3, -0.25) is 9.59 Å². The summed E-state index contributed by atoms with van der Waals surface area (Å²) in [4.78, 5) is 29.7. The van der Waals surface area contributed by atoms with Crippen molar-refractivity contribution in [2.75, 3.05) is 0 Å². The predicted octanol–water partition coefficient (Wildman–Crippen LogP) is 5.13. The second kappa shape index (κ2) is 8.80. The second-order valence-corrected chi connectivity index (χ2v) is 10.1. The maximum atomic E-state index is 13.9. The molecule has 0 unspecified atom stereocenters. The molecule has 0 saturated heterocycles. The first kappa shape index (κ1) is 21.4. The molecule has 172 valence electrons. The fraction of sp³-hybridized carbons (Fsp3) is 0.615. The van der Waals surface area contributed by atoms with E-state index in [4.69, 9.17) is 4.42 Å². The topological polar surface area (TPSA) is 67.5 Å². The van der Waals surface area contributed by atoms with Crippen molar-refractivity contribution >= 4 is 11.8 Å². The lowest BCUT2D eigenvalue weighted by Crippen LogP contribution is -2.67. The van der Waals surface area contributed by atoms with Crippen molar-refractivity contribution in [1.82, 2.24) is 14.8 Å². The van der Waals surface area contributed by atoms with Gasteiger partial charge in [0.2, 0.25) is 5.91 Å². The van der Waals surface area contributed by atoms with Crippen LogP contribution >= 0.6 is 0 Å². The standard InChI is InChI=1S/C26H35N3O3/c1-26(25(31)27-19-10-5-2-3-6-11-19)18-28-21(23-14-9-17-32-23)15-16-22(28)24(30)29(26)20-12-7-4-8-13-20/h9,14-17,19-20H,2-8,10-13,18H2,1H3,(H,27,31)/t26-/m0/s1. The average molecular weight is 438 g/mol. The first-order valence-electron chi connectivity index (χ1n) is 12.5. The van der Waals surface area contributed by atoms with Crippen LogP contribution in [-0.4, -0.2) is 38.9 Å². The normalized spacial score (nSPS) is 25.4. The van der Waals surface area contributed by atoms with Crippen LogP contribution in [0.5, 0.6) is 0 Å². The van der Waals surface area contributed by atoms with Gasteiger partial charge in [0.05, 0.1) is 18.5 Å². The van der Waals surface area contributed by atoms with Crippen molar-refractivity contribution in [3.63, 3.8) is 0 Å². The molecule has 2 aromatic heterocycles. The Morgan fingerprint density at radius 3 is 2.31 bits per heavy atom. The zero-order chi connectivity index (χ0) is 22.1. The summed E-state index contributed by atoms with van der Waals surface area (Å²) in [7, 11) is 0. The van der Waals surface area contributed by atoms with E-state index in [0.717, 1.165) is 62.8 Å². The summed E-state index contributed by atoms with van der Waals surface area (Å²) in [5, 5.41) is 3.37. The van der Waals surface area contributed by atoms with E-state index >= 15 is 0 Å². The molecule has 5 rings (SSSR count). The SMILES string of the molecule is C[C@@]1(C(=O)NC2CCCCCC2)Cn2c(ccc2-c2ccco2)C(=O)N1C1CCCCC1. The first-order valence-corrected chi connectivity index (χ1v) is 12.5. The Balaban J connectivity index is 1.51. The fourth-order valence-electron chi connectivity index (χ4n) is 6.05. The molecule has 3 heterocycles. The highest BCUT2D eigenvalue weighted by Crippen LogP contribution is 2.38. The van der Waals surface area contributed by atoms with Crippen LogP contribution in [0.2, 0.25) is 0 Å². The fourth-order valence-corrected chi connectivity index (χ4v) is 6.05. The number of amides is 2. The molecule has 1 N–H and O–H groups in total. The Morgan fingerprint density at radius 2 is 1.62 bits per heavy atom. The lowest BCUT2D eigenvalue weighted by atomic mass is 9.86. The molecule has 2 saturated carbocycles. The molecular weight excluding hydrogens is 402 g/mol. The van der Waals surface area contributed by atoms with E-state index < -0.39 is 5.54 Å². The third-order valence-electron chi connectivity index (χ3n) is 7.81. The van der Waals surface area contributed by atoms with Gasteiger partial charge in [0.1, 0.15) is 17.0 Å². The van der Waals surface area contributed by atoms with Crippen molar-refractivity contribution in [2.45, 2.75) is 102 Å². The van der Waals surface area contributed by atoms with E-state index in [1.54, 1.807) is 6.26 Å². The summed E-state index contributed by atoms with van der Waals surface area (Å²) in [5.74, 6) is 0.689. The van der Waals surface area contributed by atoms with E-state index in [2.05, 4.69) is 5.32 Å². The van der Waals surface area contributed by atoms with Crippen molar-refractivity contribution < 1.29 is 14.0 Å². The lowest BCUT2D eigenvalue weighted by molar-refractivity contribution is -0.135. The number of furan rings is 1. The maximum absolute atomic E-state index is 13.9. The minimum absolute atomic E-state index is 0.00642. The van der Waals surface area contributed by atoms with Crippen molar-refractivity contribution in [1.29, 1.82) is 0 Å². The molecule has 2 aliphatic carbocycles. The summed E-state index contributed by atoms with van der Waals surface area (Å²) in [6.07, 6.45) is 13.9. The van der Waals surface area contributed by atoms with Crippen molar-refractivity contribution in [3.8, 4) is 11.5 Å². The van der Waals surface area contributed by atoms with Crippen molar-refractivity contribution in [3.05, 3.63) is 36.2 Å². The highest BCUT2D eigenvalue weighted by atomic mass is 16.3. The molecule has 0 bridgehead atoms. The van der Waals surface area contributed by atoms with Gasteiger partial charge in [0.15, 0.2) is 0 Å². The van der Waals surface area contributed by atoms with Crippen LogP contribution in [0.15, 0.2) is 34.9 Å². The summed E-state index contributed by atoms with van der Waals surface area (Å²) in [5.41, 5.74) is 0.593. The number of rotatable bonds is 4. The van der Waals surface area contributed by atoms with Gasteiger partial charge in [-0.15, -0.1) is 0 Å². The third-order valence-corrected chi connectivity index (χ3v) is 7.81. The molecule has 1 atom stereocenters. The van der Waals surface area contributed by atoms with E-state index in [1.165, 1.54) is 19.3 Å². The minimum atomic E-state index is -0.918. The minimum Gasteiger partial charge on any atom is -0.463 e. The van der Waals surface area contributed by atoms with E-state index in [9.17, 15) is 9.59 Å². The average Bonchev–Trinajstić information content (AvgIpc) is 3.39. The Morgan fingerprint density at radius 1 is 0.969 bits per heavy atom. The molecule has 3 aliphatic rings. The molecule has 0 spiro atoms. The molecule has 0 radical (unpaired) electrons. The number of carbonyl (C=O) groups excluding carboxylic acids is 2.